The van der Waals surface area contributed by atoms with Gasteiger partial charge in [-0.25, -0.2) is 9.97 Å². The van der Waals surface area contributed by atoms with Crippen LogP contribution in [0.5, 0.6) is 0 Å². The van der Waals surface area contributed by atoms with Crippen LogP contribution in [0, 0.1) is 5.92 Å². The van der Waals surface area contributed by atoms with Gasteiger partial charge in [-0.1, -0.05) is 79.7 Å². The SMILES string of the molecule is CC(C)CCNC(=O)c1cccc(CSc2nc(Cl)cc(N(C)Cc3ccccc3)n2)c1. The second-order valence-electron chi connectivity index (χ2n) is 8.10. The van der Waals surface area contributed by atoms with Crippen molar-refractivity contribution in [1.82, 2.24) is 15.3 Å². The summed E-state index contributed by atoms with van der Waals surface area (Å²) in [5.41, 5.74) is 2.90. The molecule has 32 heavy (non-hydrogen) atoms. The van der Waals surface area contributed by atoms with E-state index in [4.69, 9.17) is 11.6 Å². The van der Waals surface area contributed by atoms with Crippen LogP contribution in [0.15, 0.2) is 65.8 Å². The van der Waals surface area contributed by atoms with Gasteiger partial charge in [0, 0.05) is 37.5 Å². The Balaban J connectivity index is 1.62. The molecule has 3 aromatic rings. The Morgan fingerprint density at radius 3 is 2.56 bits per heavy atom. The number of anilines is 1. The zero-order chi connectivity index (χ0) is 22.9. The number of carbonyl (C=O) groups is 1. The maximum absolute atomic E-state index is 12.4. The van der Waals surface area contributed by atoms with E-state index in [-0.39, 0.29) is 5.91 Å². The van der Waals surface area contributed by atoms with E-state index < -0.39 is 0 Å². The van der Waals surface area contributed by atoms with Gasteiger partial charge in [0.05, 0.1) is 0 Å². The van der Waals surface area contributed by atoms with Crippen molar-refractivity contribution < 1.29 is 4.79 Å². The van der Waals surface area contributed by atoms with Crippen molar-refractivity contribution in [1.29, 1.82) is 0 Å². The van der Waals surface area contributed by atoms with Gasteiger partial charge in [0.15, 0.2) is 5.16 Å². The van der Waals surface area contributed by atoms with Crippen molar-refractivity contribution in [2.45, 2.75) is 37.7 Å². The molecule has 0 fully saturated rings. The van der Waals surface area contributed by atoms with Gasteiger partial charge < -0.3 is 10.2 Å². The number of nitrogens with one attached hydrogen (secondary N) is 1. The zero-order valence-corrected chi connectivity index (χ0v) is 20.3. The molecule has 0 atom stereocenters. The standard InChI is InChI=1S/C25H29ClN4OS/c1-18(2)12-13-27-24(31)21-11-7-10-20(14-21)17-32-25-28-22(26)15-23(29-25)30(3)16-19-8-5-4-6-9-19/h4-11,14-15,18H,12-13,16-17H2,1-3H3,(H,27,31). The molecule has 7 heteroatoms. The van der Waals surface area contributed by atoms with E-state index in [1.807, 2.05) is 49.5 Å². The monoisotopic (exact) mass is 468 g/mol. The molecule has 1 aromatic heterocycles. The minimum Gasteiger partial charge on any atom is -0.355 e. The number of aromatic nitrogens is 2. The minimum atomic E-state index is -0.0404. The number of hydrogen-bond donors (Lipinski definition) is 1. The quantitative estimate of drug-likeness (QED) is 0.230. The normalized spacial score (nSPS) is 10.9. The smallest absolute Gasteiger partial charge is 0.251 e. The average molecular weight is 469 g/mol. The van der Waals surface area contributed by atoms with Crippen molar-refractivity contribution in [3.05, 3.63) is 82.5 Å². The molecule has 0 saturated carbocycles. The Kier molecular flexibility index (Phi) is 8.94. The maximum Gasteiger partial charge on any atom is 0.251 e. The van der Waals surface area contributed by atoms with E-state index >= 15 is 0 Å². The number of carbonyl (C=O) groups excluding carboxylic acids is 1. The number of nitrogens with zero attached hydrogens (tertiary/aromatic N) is 3. The highest BCUT2D eigenvalue weighted by molar-refractivity contribution is 7.98. The first-order chi connectivity index (χ1) is 15.4. The number of hydrogen-bond acceptors (Lipinski definition) is 5. The van der Waals surface area contributed by atoms with Gasteiger partial charge >= 0.3 is 0 Å². The highest BCUT2D eigenvalue weighted by atomic mass is 35.5. The molecular formula is C25H29ClN4OS. The van der Waals surface area contributed by atoms with E-state index in [2.05, 4.69) is 46.2 Å². The number of rotatable bonds is 10. The van der Waals surface area contributed by atoms with Gasteiger partial charge in [-0.2, -0.15) is 0 Å². The predicted molar refractivity (Wildman–Crippen MR) is 133 cm³/mol. The molecule has 1 heterocycles. The molecule has 3 rings (SSSR count). The lowest BCUT2D eigenvalue weighted by Gasteiger charge is -2.19. The van der Waals surface area contributed by atoms with E-state index in [1.165, 1.54) is 17.3 Å². The van der Waals surface area contributed by atoms with Crippen molar-refractivity contribution >= 4 is 35.1 Å². The second kappa shape index (κ2) is 11.9. The van der Waals surface area contributed by atoms with Crippen LogP contribution >= 0.6 is 23.4 Å². The molecule has 0 saturated heterocycles. The summed E-state index contributed by atoms with van der Waals surface area (Å²) in [6, 6.07) is 19.7. The molecular weight excluding hydrogens is 440 g/mol. The molecule has 1 amide bonds. The molecule has 0 bridgehead atoms. The van der Waals surface area contributed by atoms with Crippen LogP contribution in [-0.2, 0) is 12.3 Å². The lowest BCUT2D eigenvalue weighted by atomic mass is 10.1. The zero-order valence-electron chi connectivity index (χ0n) is 18.7. The van der Waals surface area contributed by atoms with Crippen LogP contribution in [0.3, 0.4) is 0 Å². The second-order valence-corrected chi connectivity index (χ2v) is 9.43. The van der Waals surface area contributed by atoms with Gasteiger partial charge in [-0.05, 0) is 35.6 Å². The molecule has 1 N–H and O–H groups in total. The van der Waals surface area contributed by atoms with Crippen molar-refractivity contribution in [2.24, 2.45) is 5.92 Å². The first kappa shape index (κ1) is 24.1. The van der Waals surface area contributed by atoms with E-state index in [1.54, 1.807) is 6.07 Å². The lowest BCUT2D eigenvalue weighted by Crippen LogP contribution is -2.25. The van der Waals surface area contributed by atoms with Crippen molar-refractivity contribution in [3.63, 3.8) is 0 Å². The summed E-state index contributed by atoms with van der Waals surface area (Å²) in [6.07, 6.45) is 0.967. The number of thioether (sulfide) groups is 1. The Bertz CT molecular complexity index is 1030. The van der Waals surface area contributed by atoms with Crippen molar-refractivity contribution in [2.75, 3.05) is 18.5 Å². The minimum absolute atomic E-state index is 0.0404. The molecule has 0 unspecified atom stereocenters. The fourth-order valence-corrected chi connectivity index (χ4v) is 4.13. The van der Waals surface area contributed by atoms with E-state index in [0.29, 0.717) is 34.1 Å². The Morgan fingerprint density at radius 1 is 1.06 bits per heavy atom. The van der Waals surface area contributed by atoms with Crippen LogP contribution in [0.1, 0.15) is 41.8 Å². The summed E-state index contributed by atoms with van der Waals surface area (Å²) in [5.74, 6) is 1.94. The van der Waals surface area contributed by atoms with Gasteiger partial charge in [0.2, 0.25) is 0 Å². The first-order valence-corrected chi connectivity index (χ1v) is 12.1. The Morgan fingerprint density at radius 2 is 1.81 bits per heavy atom. The molecule has 0 aliphatic carbocycles. The summed E-state index contributed by atoms with van der Waals surface area (Å²) in [6.45, 7) is 5.71. The molecule has 0 radical (unpaired) electrons. The third kappa shape index (κ3) is 7.53. The van der Waals surface area contributed by atoms with Crippen LogP contribution in [0.2, 0.25) is 5.15 Å². The van der Waals surface area contributed by atoms with Crippen LogP contribution < -0.4 is 10.2 Å². The van der Waals surface area contributed by atoms with E-state index in [9.17, 15) is 4.79 Å². The highest BCUT2D eigenvalue weighted by Gasteiger charge is 2.11. The summed E-state index contributed by atoms with van der Waals surface area (Å²) in [4.78, 5) is 23.5. The lowest BCUT2D eigenvalue weighted by molar-refractivity contribution is 0.0952. The topological polar surface area (TPSA) is 58.1 Å². The first-order valence-electron chi connectivity index (χ1n) is 10.7. The summed E-state index contributed by atoms with van der Waals surface area (Å²) in [5, 5.41) is 4.01. The predicted octanol–water partition coefficient (Wildman–Crippen LogP) is 5.83. The number of benzene rings is 2. The third-order valence-electron chi connectivity index (χ3n) is 4.88. The molecule has 2 aromatic carbocycles. The van der Waals surface area contributed by atoms with Gasteiger partial charge in [-0.3, -0.25) is 4.79 Å². The fourth-order valence-electron chi connectivity index (χ4n) is 3.11. The fraction of sp³-hybridized carbons (Fsp3) is 0.320. The summed E-state index contributed by atoms with van der Waals surface area (Å²) in [7, 11) is 1.99. The summed E-state index contributed by atoms with van der Waals surface area (Å²) < 4.78 is 0. The number of amides is 1. The molecule has 168 valence electrons. The summed E-state index contributed by atoms with van der Waals surface area (Å²) >= 11 is 7.77. The Labute approximate surface area is 199 Å². The van der Waals surface area contributed by atoms with Gasteiger partial charge in [0.1, 0.15) is 11.0 Å². The molecule has 5 nitrogen and oxygen atoms in total. The van der Waals surface area contributed by atoms with Gasteiger partial charge in [0.25, 0.3) is 5.91 Å². The largest absolute Gasteiger partial charge is 0.355 e. The highest BCUT2D eigenvalue weighted by Crippen LogP contribution is 2.25. The number of halogens is 1. The molecule has 0 aliphatic rings. The van der Waals surface area contributed by atoms with Crippen LogP contribution in [-0.4, -0.2) is 29.5 Å². The molecule has 0 spiro atoms. The molecule has 0 aliphatic heterocycles. The van der Waals surface area contributed by atoms with Gasteiger partial charge in [-0.15, -0.1) is 0 Å². The van der Waals surface area contributed by atoms with Crippen LogP contribution in [0.4, 0.5) is 5.82 Å². The Hall–Kier alpha value is -2.57. The maximum atomic E-state index is 12.4. The van der Waals surface area contributed by atoms with Crippen LogP contribution in [0.25, 0.3) is 0 Å². The average Bonchev–Trinajstić information content (AvgIpc) is 2.78. The third-order valence-corrected chi connectivity index (χ3v) is 5.99. The van der Waals surface area contributed by atoms with E-state index in [0.717, 1.165) is 24.3 Å². The van der Waals surface area contributed by atoms with Crippen molar-refractivity contribution in [3.8, 4) is 0 Å².